The minimum Gasteiger partial charge on any atom is -0.394 e. The highest BCUT2D eigenvalue weighted by Gasteiger charge is 2.13. The van der Waals surface area contributed by atoms with Crippen LogP contribution in [0.1, 0.15) is 26.1 Å². The molecule has 0 aliphatic rings. The van der Waals surface area contributed by atoms with Gasteiger partial charge in [-0.15, -0.1) is 0 Å². The van der Waals surface area contributed by atoms with Crippen LogP contribution in [0.25, 0.3) is 0 Å². The van der Waals surface area contributed by atoms with Gasteiger partial charge in [-0.2, -0.15) is 5.10 Å². The summed E-state index contributed by atoms with van der Waals surface area (Å²) in [5, 5.41) is 18.5. The highest BCUT2D eigenvalue weighted by Crippen LogP contribution is 2.03. The van der Waals surface area contributed by atoms with Gasteiger partial charge >= 0.3 is 6.03 Å². The van der Waals surface area contributed by atoms with Gasteiger partial charge in [0, 0.05) is 7.05 Å². The molecule has 3 N–H and O–H groups in total. The van der Waals surface area contributed by atoms with Crippen molar-refractivity contribution in [3.63, 3.8) is 0 Å². The molecule has 1 aromatic rings. The SMILES string of the molecule is CC(C)CC(CO)NC(=O)NCc1ncnn1C. The highest BCUT2D eigenvalue weighted by atomic mass is 16.3. The van der Waals surface area contributed by atoms with Crippen LogP contribution in [0.5, 0.6) is 0 Å². The van der Waals surface area contributed by atoms with Gasteiger partial charge in [-0.1, -0.05) is 13.8 Å². The van der Waals surface area contributed by atoms with Crippen LogP contribution in [0, 0.1) is 5.92 Å². The summed E-state index contributed by atoms with van der Waals surface area (Å²) in [5.74, 6) is 1.09. The first-order valence-corrected chi connectivity index (χ1v) is 6.01. The molecule has 0 spiro atoms. The van der Waals surface area contributed by atoms with E-state index in [4.69, 9.17) is 5.11 Å². The fourth-order valence-corrected chi connectivity index (χ4v) is 1.62. The predicted molar refractivity (Wildman–Crippen MR) is 66.7 cm³/mol. The van der Waals surface area contributed by atoms with Gasteiger partial charge in [-0.25, -0.2) is 9.78 Å². The predicted octanol–water partition coefficient (Wildman–Crippen LogP) is 0.0213. The Morgan fingerprint density at radius 3 is 2.78 bits per heavy atom. The topological polar surface area (TPSA) is 92.1 Å². The van der Waals surface area contributed by atoms with E-state index in [2.05, 4.69) is 20.7 Å². The van der Waals surface area contributed by atoms with Gasteiger partial charge in [0.05, 0.1) is 19.2 Å². The number of hydrogen-bond acceptors (Lipinski definition) is 4. The number of aromatic nitrogens is 3. The third-order valence-electron chi connectivity index (χ3n) is 2.52. The molecule has 1 heterocycles. The number of aliphatic hydroxyl groups excluding tert-OH is 1. The van der Waals surface area contributed by atoms with Crippen LogP contribution in [0.15, 0.2) is 6.33 Å². The number of nitrogens with one attached hydrogen (secondary N) is 2. The number of amides is 2. The number of urea groups is 1. The summed E-state index contributed by atoms with van der Waals surface area (Å²) >= 11 is 0. The van der Waals surface area contributed by atoms with E-state index >= 15 is 0 Å². The average molecular weight is 255 g/mol. The van der Waals surface area contributed by atoms with Crippen molar-refractivity contribution in [2.24, 2.45) is 13.0 Å². The molecule has 0 fully saturated rings. The van der Waals surface area contributed by atoms with E-state index in [0.717, 1.165) is 6.42 Å². The van der Waals surface area contributed by atoms with Crippen LogP contribution < -0.4 is 10.6 Å². The van der Waals surface area contributed by atoms with Crippen molar-refractivity contribution < 1.29 is 9.90 Å². The Morgan fingerprint density at radius 2 is 2.28 bits per heavy atom. The molecule has 2 amide bonds. The number of carbonyl (C=O) groups is 1. The zero-order chi connectivity index (χ0) is 13.5. The van der Waals surface area contributed by atoms with Crippen LogP contribution in [-0.2, 0) is 13.6 Å². The molecule has 0 bridgehead atoms. The van der Waals surface area contributed by atoms with Crippen LogP contribution in [-0.4, -0.2) is 38.6 Å². The van der Waals surface area contributed by atoms with E-state index in [1.165, 1.54) is 6.33 Å². The summed E-state index contributed by atoms with van der Waals surface area (Å²) < 4.78 is 1.60. The van der Waals surface area contributed by atoms with Crippen LogP contribution >= 0.6 is 0 Å². The average Bonchev–Trinajstić information content (AvgIpc) is 2.70. The van der Waals surface area contributed by atoms with Gasteiger partial charge in [0.1, 0.15) is 12.2 Å². The number of aryl methyl sites for hydroxylation is 1. The summed E-state index contributed by atoms with van der Waals surface area (Å²) in [4.78, 5) is 15.6. The fraction of sp³-hybridized carbons (Fsp3) is 0.727. The Balaban J connectivity index is 2.34. The number of aliphatic hydroxyl groups is 1. The van der Waals surface area contributed by atoms with E-state index in [-0.39, 0.29) is 18.7 Å². The molecular formula is C11H21N5O2. The Hall–Kier alpha value is -1.63. The number of rotatable bonds is 6. The molecule has 0 aliphatic heterocycles. The molecule has 0 saturated heterocycles. The Morgan fingerprint density at radius 1 is 1.56 bits per heavy atom. The molecule has 0 aromatic carbocycles. The molecule has 1 unspecified atom stereocenters. The van der Waals surface area contributed by atoms with E-state index in [1.54, 1.807) is 11.7 Å². The molecule has 7 nitrogen and oxygen atoms in total. The quantitative estimate of drug-likeness (QED) is 0.668. The highest BCUT2D eigenvalue weighted by molar-refractivity contribution is 5.74. The minimum absolute atomic E-state index is 0.0600. The molecule has 0 saturated carbocycles. The minimum atomic E-state index is -0.308. The molecule has 0 aliphatic carbocycles. The first kappa shape index (κ1) is 14.4. The van der Waals surface area contributed by atoms with Crippen molar-refractivity contribution in [2.75, 3.05) is 6.61 Å². The van der Waals surface area contributed by atoms with Gasteiger partial charge in [-0.05, 0) is 12.3 Å². The van der Waals surface area contributed by atoms with Crippen molar-refractivity contribution >= 4 is 6.03 Å². The van der Waals surface area contributed by atoms with Crippen LogP contribution in [0.4, 0.5) is 4.79 Å². The lowest BCUT2D eigenvalue weighted by Crippen LogP contribution is -2.44. The van der Waals surface area contributed by atoms with Gasteiger partial charge in [-0.3, -0.25) is 4.68 Å². The van der Waals surface area contributed by atoms with Crippen LogP contribution in [0.2, 0.25) is 0 Å². The molecule has 0 radical (unpaired) electrons. The van der Waals surface area contributed by atoms with Crippen molar-refractivity contribution in [1.29, 1.82) is 0 Å². The van der Waals surface area contributed by atoms with Crippen molar-refractivity contribution in [2.45, 2.75) is 32.9 Å². The Bertz CT molecular complexity index is 377. The standard InChI is InChI=1S/C11H21N5O2/c1-8(2)4-9(6-17)15-11(18)12-5-10-13-7-14-16(10)3/h7-9,17H,4-6H2,1-3H3,(H2,12,15,18). The van der Waals surface area contributed by atoms with E-state index in [9.17, 15) is 4.79 Å². The zero-order valence-corrected chi connectivity index (χ0v) is 11.1. The summed E-state index contributed by atoms with van der Waals surface area (Å²) in [6.07, 6.45) is 2.18. The third-order valence-corrected chi connectivity index (χ3v) is 2.52. The van der Waals surface area contributed by atoms with Crippen molar-refractivity contribution in [3.8, 4) is 0 Å². The summed E-state index contributed by atoms with van der Waals surface area (Å²) in [7, 11) is 1.76. The van der Waals surface area contributed by atoms with Gasteiger partial charge in [0.25, 0.3) is 0 Å². The summed E-state index contributed by atoms with van der Waals surface area (Å²) in [6, 6.07) is -0.526. The summed E-state index contributed by atoms with van der Waals surface area (Å²) in [6.45, 7) is 4.33. The maximum Gasteiger partial charge on any atom is 0.315 e. The lowest BCUT2D eigenvalue weighted by atomic mass is 10.0. The maximum atomic E-state index is 11.6. The molecule has 7 heteroatoms. The van der Waals surface area contributed by atoms with Gasteiger partial charge in [0.2, 0.25) is 0 Å². The first-order valence-electron chi connectivity index (χ1n) is 6.01. The molecule has 1 aromatic heterocycles. The Labute approximate surface area is 107 Å². The van der Waals surface area contributed by atoms with Crippen LogP contribution in [0.3, 0.4) is 0 Å². The summed E-state index contributed by atoms with van der Waals surface area (Å²) in [5.41, 5.74) is 0. The zero-order valence-electron chi connectivity index (χ0n) is 11.1. The second kappa shape index (κ2) is 6.95. The fourth-order valence-electron chi connectivity index (χ4n) is 1.62. The first-order chi connectivity index (χ1) is 8.52. The van der Waals surface area contributed by atoms with Crippen molar-refractivity contribution in [3.05, 3.63) is 12.2 Å². The lowest BCUT2D eigenvalue weighted by Gasteiger charge is -2.18. The van der Waals surface area contributed by atoms with Crippen molar-refractivity contribution in [1.82, 2.24) is 25.4 Å². The largest absolute Gasteiger partial charge is 0.394 e. The lowest BCUT2D eigenvalue weighted by molar-refractivity contribution is 0.206. The monoisotopic (exact) mass is 255 g/mol. The number of nitrogens with zero attached hydrogens (tertiary/aromatic N) is 3. The molecule has 18 heavy (non-hydrogen) atoms. The van der Waals surface area contributed by atoms with E-state index in [0.29, 0.717) is 18.3 Å². The smallest absolute Gasteiger partial charge is 0.315 e. The van der Waals surface area contributed by atoms with Gasteiger partial charge < -0.3 is 15.7 Å². The normalized spacial score (nSPS) is 12.5. The molecule has 1 atom stereocenters. The van der Waals surface area contributed by atoms with Gasteiger partial charge in [0.15, 0.2) is 0 Å². The number of hydrogen-bond donors (Lipinski definition) is 3. The second-order valence-electron chi connectivity index (χ2n) is 4.64. The van der Waals surface area contributed by atoms with E-state index in [1.807, 2.05) is 13.8 Å². The maximum absolute atomic E-state index is 11.6. The Kier molecular flexibility index (Phi) is 5.57. The van der Waals surface area contributed by atoms with E-state index < -0.39 is 0 Å². The molecule has 102 valence electrons. The number of carbonyl (C=O) groups excluding carboxylic acids is 1. The molecular weight excluding hydrogens is 234 g/mol. The third kappa shape index (κ3) is 4.70. The second-order valence-corrected chi connectivity index (χ2v) is 4.64. The molecule has 1 rings (SSSR count).